The first kappa shape index (κ1) is 27.0. The molecule has 2 aliphatic heterocycles. The maximum Gasteiger partial charge on any atom is 0.253 e. The number of nitrogens with one attached hydrogen (secondary N) is 1. The van der Waals surface area contributed by atoms with Crippen LogP contribution >= 0.6 is 0 Å². The first-order valence-electron chi connectivity index (χ1n) is 14.0. The van der Waals surface area contributed by atoms with Gasteiger partial charge in [-0.25, -0.2) is 28.7 Å². The summed E-state index contributed by atoms with van der Waals surface area (Å²) in [7, 11) is 0. The van der Waals surface area contributed by atoms with Gasteiger partial charge >= 0.3 is 0 Å². The fraction of sp³-hybridized carbons (Fsp3) is 0.414. The number of aliphatic hydroxyl groups excluding tert-OH is 1. The SMILES string of the molecule is CCc1cnc(N2CCC(n3cc(F)c4c(Nc5ccc(C(=O)N6CCC(O)CC6)cc5F)ncnc43)CC2)nc1. The molecule has 41 heavy (non-hydrogen) atoms. The van der Waals surface area contributed by atoms with Crippen LogP contribution in [0.25, 0.3) is 11.0 Å². The summed E-state index contributed by atoms with van der Waals surface area (Å²) < 4.78 is 32.3. The van der Waals surface area contributed by atoms with E-state index in [0.29, 0.717) is 37.5 Å². The van der Waals surface area contributed by atoms with Crippen LogP contribution in [0, 0.1) is 11.6 Å². The molecule has 0 spiro atoms. The van der Waals surface area contributed by atoms with E-state index in [1.165, 1.54) is 30.7 Å². The Morgan fingerprint density at radius 3 is 2.41 bits per heavy atom. The molecule has 214 valence electrons. The van der Waals surface area contributed by atoms with Crippen molar-refractivity contribution in [3.05, 3.63) is 65.9 Å². The molecule has 0 unspecified atom stereocenters. The molecule has 12 heteroatoms. The minimum Gasteiger partial charge on any atom is -0.393 e. The molecule has 2 N–H and O–H groups in total. The molecular weight excluding hydrogens is 530 g/mol. The Morgan fingerprint density at radius 1 is 1.00 bits per heavy atom. The number of rotatable bonds is 6. The summed E-state index contributed by atoms with van der Waals surface area (Å²) in [5.41, 5.74) is 1.81. The van der Waals surface area contributed by atoms with Crippen molar-refractivity contribution in [1.82, 2.24) is 29.4 Å². The predicted octanol–water partition coefficient (Wildman–Crippen LogP) is 4.24. The molecular formula is C29H32F2N8O2. The zero-order chi connectivity index (χ0) is 28.5. The number of carbonyl (C=O) groups is 1. The Bertz CT molecular complexity index is 1540. The Morgan fingerprint density at radius 2 is 1.73 bits per heavy atom. The zero-order valence-electron chi connectivity index (χ0n) is 22.8. The number of halogens is 2. The third kappa shape index (κ3) is 5.43. The smallest absolute Gasteiger partial charge is 0.253 e. The van der Waals surface area contributed by atoms with Crippen molar-refractivity contribution in [2.75, 3.05) is 36.4 Å². The molecule has 10 nitrogen and oxygen atoms in total. The van der Waals surface area contributed by atoms with Gasteiger partial charge in [0.2, 0.25) is 5.95 Å². The van der Waals surface area contributed by atoms with Crippen molar-refractivity contribution in [1.29, 1.82) is 0 Å². The minimum atomic E-state index is -0.652. The second kappa shape index (κ2) is 11.4. The molecule has 6 rings (SSSR count). The van der Waals surface area contributed by atoms with Crippen LogP contribution in [0.3, 0.4) is 0 Å². The van der Waals surface area contributed by atoms with E-state index in [1.807, 2.05) is 17.0 Å². The highest BCUT2D eigenvalue weighted by atomic mass is 19.1. The van der Waals surface area contributed by atoms with Gasteiger partial charge in [-0.3, -0.25) is 4.79 Å². The number of fused-ring (bicyclic) bond motifs is 1. The molecule has 2 saturated heterocycles. The molecule has 0 aliphatic carbocycles. The lowest BCUT2D eigenvalue weighted by molar-refractivity contribution is 0.0546. The van der Waals surface area contributed by atoms with Crippen molar-refractivity contribution in [3.8, 4) is 0 Å². The lowest BCUT2D eigenvalue weighted by Crippen LogP contribution is -2.40. The molecule has 2 aliphatic rings. The number of hydrogen-bond acceptors (Lipinski definition) is 8. The fourth-order valence-corrected chi connectivity index (χ4v) is 5.58. The van der Waals surface area contributed by atoms with Gasteiger partial charge in [-0.1, -0.05) is 6.92 Å². The third-order valence-corrected chi connectivity index (χ3v) is 8.02. The quantitative estimate of drug-likeness (QED) is 0.359. The molecule has 0 radical (unpaired) electrons. The Balaban J connectivity index is 1.18. The first-order valence-corrected chi connectivity index (χ1v) is 14.0. The summed E-state index contributed by atoms with van der Waals surface area (Å²) >= 11 is 0. The summed E-state index contributed by atoms with van der Waals surface area (Å²) in [6.07, 6.45) is 9.47. The van der Waals surface area contributed by atoms with Gasteiger partial charge in [-0.2, -0.15) is 0 Å². The van der Waals surface area contributed by atoms with Crippen molar-refractivity contribution in [3.63, 3.8) is 0 Å². The van der Waals surface area contributed by atoms with Gasteiger partial charge in [0.25, 0.3) is 5.91 Å². The molecule has 5 heterocycles. The van der Waals surface area contributed by atoms with Crippen LogP contribution < -0.4 is 10.2 Å². The number of likely N-dealkylation sites (tertiary alicyclic amines) is 1. The Kier molecular flexibility index (Phi) is 7.48. The van der Waals surface area contributed by atoms with Crippen molar-refractivity contribution in [2.45, 2.75) is 51.2 Å². The number of benzene rings is 1. The molecule has 0 atom stereocenters. The Hall–Kier alpha value is -4.19. The topological polar surface area (TPSA) is 112 Å². The van der Waals surface area contributed by atoms with E-state index in [4.69, 9.17) is 0 Å². The third-order valence-electron chi connectivity index (χ3n) is 8.02. The monoisotopic (exact) mass is 562 g/mol. The van der Waals surface area contributed by atoms with Crippen LogP contribution in [0.5, 0.6) is 0 Å². The van der Waals surface area contributed by atoms with Crippen LogP contribution in [0.1, 0.15) is 54.6 Å². The number of amides is 1. The number of carbonyl (C=O) groups excluding carboxylic acids is 1. The molecule has 1 amide bonds. The number of hydrogen-bond donors (Lipinski definition) is 2. The van der Waals surface area contributed by atoms with E-state index in [1.54, 1.807) is 4.90 Å². The van der Waals surface area contributed by atoms with Gasteiger partial charge in [-0.05, 0) is 55.9 Å². The predicted molar refractivity (Wildman–Crippen MR) is 150 cm³/mol. The number of aliphatic hydroxyl groups is 1. The maximum atomic E-state index is 15.3. The van der Waals surface area contributed by atoms with Crippen LogP contribution in [-0.2, 0) is 6.42 Å². The average molecular weight is 563 g/mol. The Labute approximate surface area is 236 Å². The van der Waals surface area contributed by atoms with Crippen LogP contribution in [0.4, 0.5) is 26.2 Å². The molecule has 0 bridgehead atoms. The van der Waals surface area contributed by atoms with Crippen molar-refractivity contribution >= 4 is 34.4 Å². The summed E-state index contributed by atoms with van der Waals surface area (Å²) in [4.78, 5) is 34.1. The van der Waals surface area contributed by atoms with E-state index in [2.05, 4.69) is 37.1 Å². The van der Waals surface area contributed by atoms with E-state index in [0.717, 1.165) is 37.9 Å². The van der Waals surface area contributed by atoms with E-state index >= 15 is 8.78 Å². The highest BCUT2D eigenvalue weighted by molar-refractivity contribution is 5.95. The maximum absolute atomic E-state index is 15.3. The second-order valence-corrected chi connectivity index (χ2v) is 10.6. The second-order valence-electron chi connectivity index (χ2n) is 10.6. The van der Waals surface area contributed by atoms with Gasteiger partial charge < -0.3 is 24.8 Å². The number of nitrogens with zero attached hydrogens (tertiary/aromatic N) is 7. The van der Waals surface area contributed by atoms with Gasteiger partial charge in [0.1, 0.15) is 23.6 Å². The van der Waals surface area contributed by atoms with E-state index in [-0.39, 0.29) is 34.4 Å². The van der Waals surface area contributed by atoms with Crippen LogP contribution in [-0.4, -0.2) is 72.7 Å². The largest absolute Gasteiger partial charge is 0.393 e. The number of aromatic nitrogens is 5. The first-order chi connectivity index (χ1) is 19.9. The molecule has 1 aromatic carbocycles. The van der Waals surface area contributed by atoms with E-state index < -0.39 is 17.7 Å². The van der Waals surface area contributed by atoms with Crippen molar-refractivity contribution in [2.24, 2.45) is 0 Å². The van der Waals surface area contributed by atoms with E-state index in [9.17, 15) is 9.90 Å². The van der Waals surface area contributed by atoms with Gasteiger partial charge in [-0.15, -0.1) is 0 Å². The lowest BCUT2D eigenvalue weighted by atomic mass is 10.1. The number of piperidine rings is 2. The van der Waals surface area contributed by atoms with Gasteiger partial charge in [0.05, 0.1) is 17.2 Å². The number of aryl methyl sites for hydroxylation is 1. The molecule has 3 aromatic heterocycles. The normalized spacial score (nSPS) is 16.9. The summed E-state index contributed by atoms with van der Waals surface area (Å²) in [6.45, 7) is 4.36. The van der Waals surface area contributed by atoms with Crippen LogP contribution in [0.15, 0.2) is 43.1 Å². The zero-order valence-corrected chi connectivity index (χ0v) is 22.8. The molecule has 4 aromatic rings. The van der Waals surface area contributed by atoms with Gasteiger partial charge in [0, 0.05) is 56.4 Å². The fourth-order valence-electron chi connectivity index (χ4n) is 5.58. The molecule has 2 fully saturated rings. The standard InChI is InChI=1S/C29H32F2N8O2/c1-2-18-14-32-29(33-15-18)38-9-5-20(6-10-38)39-16-23(31)25-26(34-17-35-27(25)39)36-24-4-3-19(13-22(24)30)28(41)37-11-7-21(40)8-12-37/h3-4,13-17,20-21,40H,2,5-12H2,1H3,(H,34,35,36). The minimum absolute atomic E-state index is 0.0221. The van der Waals surface area contributed by atoms with Gasteiger partial charge in [0.15, 0.2) is 5.82 Å². The summed E-state index contributed by atoms with van der Waals surface area (Å²) in [6, 6.07) is 4.18. The molecule has 0 saturated carbocycles. The average Bonchev–Trinajstić information content (AvgIpc) is 3.35. The number of anilines is 3. The summed E-state index contributed by atoms with van der Waals surface area (Å²) in [5.74, 6) is -0.589. The summed E-state index contributed by atoms with van der Waals surface area (Å²) in [5, 5.41) is 12.8. The highest BCUT2D eigenvalue weighted by Gasteiger charge is 2.27. The van der Waals surface area contributed by atoms with Crippen molar-refractivity contribution < 1.29 is 18.7 Å². The lowest BCUT2D eigenvalue weighted by Gasteiger charge is -2.32. The highest BCUT2D eigenvalue weighted by Crippen LogP contribution is 2.33. The van der Waals surface area contributed by atoms with Crippen LogP contribution in [0.2, 0.25) is 0 Å².